The molecule has 2 aromatic rings. The van der Waals surface area contributed by atoms with Crippen molar-refractivity contribution in [2.75, 3.05) is 17.3 Å². The van der Waals surface area contributed by atoms with Gasteiger partial charge in [-0.2, -0.15) is 0 Å². The van der Waals surface area contributed by atoms with Crippen LogP contribution in [0.25, 0.3) is 0 Å². The van der Waals surface area contributed by atoms with E-state index in [0.717, 1.165) is 11.4 Å². The summed E-state index contributed by atoms with van der Waals surface area (Å²) in [6.45, 7) is 0.333. The number of thioether (sulfide) groups is 1. The first-order chi connectivity index (χ1) is 12.8. The SMILES string of the molecule is Cn1c(C[C@@H]2CCS(=O)(=O)C2)nnc1SCC(=O)NCc1ccc(F)cc1. The predicted octanol–water partition coefficient (Wildman–Crippen LogP) is 1.34. The van der Waals surface area contributed by atoms with Gasteiger partial charge in [0.1, 0.15) is 11.6 Å². The molecule has 0 spiro atoms. The summed E-state index contributed by atoms with van der Waals surface area (Å²) in [7, 11) is -1.09. The Bertz CT molecular complexity index is 913. The van der Waals surface area contributed by atoms with Crippen LogP contribution in [0.4, 0.5) is 4.39 Å². The highest BCUT2D eigenvalue weighted by atomic mass is 32.2. The number of carbonyl (C=O) groups excluding carboxylic acids is 1. The van der Waals surface area contributed by atoms with Crippen LogP contribution in [-0.2, 0) is 34.6 Å². The average molecular weight is 413 g/mol. The Morgan fingerprint density at radius 3 is 2.74 bits per heavy atom. The van der Waals surface area contributed by atoms with Crippen molar-refractivity contribution in [3.05, 3.63) is 41.5 Å². The van der Waals surface area contributed by atoms with Crippen LogP contribution in [0.2, 0.25) is 0 Å². The number of rotatable bonds is 7. The number of hydrogen-bond acceptors (Lipinski definition) is 6. The van der Waals surface area contributed by atoms with Gasteiger partial charge in [0.05, 0.1) is 17.3 Å². The highest BCUT2D eigenvalue weighted by Crippen LogP contribution is 2.23. The van der Waals surface area contributed by atoms with Crippen molar-refractivity contribution in [1.82, 2.24) is 20.1 Å². The minimum Gasteiger partial charge on any atom is -0.351 e. The van der Waals surface area contributed by atoms with E-state index in [0.29, 0.717) is 24.5 Å². The van der Waals surface area contributed by atoms with Gasteiger partial charge in [0.25, 0.3) is 0 Å². The van der Waals surface area contributed by atoms with Gasteiger partial charge < -0.3 is 9.88 Å². The van der Waals surface area contributed by atoms with E-state index in [1.54, 1.807) is 12.1 Å². The Balaban J connectivity index is 1.47. The maximum atomic E-state index is 12.9. The summed E-state index contributed by atoms with van der Waals surface area (Å²) in [5.41, 5.74) is 0.821. The topological polar surface area (TPSA) is 93.9 Å². The average Bonchev–Trinajstić information content (AvgIpc) is 3.15. The molecule has 10 heteroatoms. The molecule has 1 aromatic carbocycles. The summed E-state index contributed by atoms with van der Waals surface area (Å²) in [4.78, 5) is 12.0. The highest BCUT2D eigenvalue weighted by Gasteiger charge is 2.29. The molecule has 1 saturated heterocycles. The van der Waals surface area contributed by atoms with E-state index in [-0.39, 0.29) is 34.9 Å². The molecular formula is C17H21FN4O3S2. The minimum atomic E-state index is -2.91. The predicted molar refractivity (Wildman–Crippen MR) is 100 cm³/mol. The molecule has 0 unspecified atom stereocenters. The molecule has 27 heavy (non-hydrogen) atoms. The smallest absolute Gasteiger partial charge is 0.230 e. The quantitative estimate of drug-likeness (QED) is 0.690. The molecule has 1 atom stereocenters. The van der Waals surface area contributed by atoms with Gasteiger partial charge in [0.2, 0.25) is 5.91 Å². The van der Waals surface area contributed by atoms with Crippen molar-refractivity contribution in [1.29, 1.82) is 0 Å². The third-order valence-electron chi connectivity index (χ3n) is 4.46. The van der Waals surface area contributed by atoms with Crippen molar-refractivity contribution < 1.29 is 17.6 Å². The molecule has 146 valence electrons. The van der Waals surface area contributed by atoms with E-state index in [2.05, 4.69) is 15.5 Å². The van der Waals surface area contributed by atoms with Crippen molar-refractivity contribution in [3.8, 4) is 0 Å². The molecule has 0 aliphatic carbocycles. The summed E-state index contributed by atoms with van der Waals surface area (Å²) in [6, 6.07) is 5.96. The fourth-order valence-electron chi connectivity index (χ4n) is 2.92. The first-order valence-corrected chi connectivity index (χ1v) is 11.4. The fraction of sp³-hybridized carbons (Fsp3) is 0.471. The molecule has 3 rings (SSSR count). The van der Waals surface area contributed by atoms with Gasteiger partial charge in [0, 0.05) is 20.0 Å². The minimum absolute atomic E-state index is 0.0785. The Kier molecular flexibility index (Phi) is 6.15. The molecule has 1 N–H and O–H groups in total. The van der Waals surface area contributed by atoms with Gasteiger partial charge in [-0.05, 0) is 30.0 Å². The number of amides is 1. The molecule has 1 aliphatic heterocycles. The van der Waals surface area contributed by atoms with Crippen molar-refractivity contribution in [3.63, 3.8) is 0 Å². The van der Waals surface area contributed by atoms with Crippen LogP contribution in [0.15, 0.2) is 29.4 Å². The summed E-state index contributed by atoms with van der Waals surface area (Å²) in [5, 5.41) is 11.6. The number of halogens is 1. The fourth-order valence-corrected chi connectivity index (χ4v) is 5.55. The maximum Gasteiger partial charge on any atom is 0.230 e. The number of nitrogens with one attached hydrogen (secondary N) is 1. The van der Waals surface area contributed by atoms with Crippen LogP contribution in [0.5, 0.6) is 0 Å². The zero-order valence-corrected chi connectivity index (χ0v) is 16.5. The lowest BCUT2D eigenvalue weighted by atomic mass is 10.1. The summed E-state index contributed by atoms with van der Waals surface area (Å²) >= 11 is 1.27. The molecule has 1 aliphatic rings. The van der Waals surface area contributed by atoms with E-state index in [4.69, 9.17) is 0 Å². The number of carbonyl (C=O) groups is 1. The van der Waals surface area contributed by atoms with Crippen LogP contribution in [0.1, 0.15) is 17.8 Å². The second-order valence-corrected chi connectivity index (χ2v) is 9.79. The number of nitrogens with zero attached hydrogens (tertiary/aromatic N) is 3. The van der Waals surface area contributed by atoms with E-state index < -0.39 is 9.84 Å². The highest BCUT2D eigenvalue weighted by molar-refractivity contribution is 7.99. The van der Waals surface area contributed by atoms with Crippen LogP contribution in [-0.4, -0.2) is 46.3 Å². The maximum absolute atomic E-state index is 12.9. The van der Waals surface area contributed by atoms with Gasteiger partial charge >= 0.3 is 0 Å². The molecule has 2 heterocycles. The van der Waals surface area contributed by atoms with Crippen LogP contribution < -0.4 is 5.32 Å². The first-order valence-electron chi connectivity index (χ1n) is 8.55. The molecule has 0 bridgehead atoms. The molecule has 7 nitrogen and oxygen atoms in total. The van der Waals surface area contributed by atoms with Crippen LogP contribution >= 0.6 is 11.8 Å². The Morgan fingerprint density at radius 1 is 1.33 bits per heavy atom. The van der Waals surface area contributed by atoms with Crippen LogP contribution in [0, 0.1) is 11.7 Å². The Morgan fingerprint density at radius 2 is 2.07 bits per heavy atom. The lowest BCUT2D eigenvalue weighted by Gasteiger charge is -2.08. The standard InChI is InChI=1S/C17H21FN4O3S2/c1-22-15(8-13-6-7-27(24,25)11-13)20-21-17(22)26-10-16(23)19-9-12-2-4-14(18)5-3-12/h2-5,13H,6-11H2,1H3,(H,19,23)/t13-/m0/s1. The third-order valence-corrected chi connectivity index (χ3v) is 7.32. The van der Waals surface area contributed by atoms with Gasteiger partial charge in [-0.3, -0.25) is 4.79 Å². The van der Waals surface area contributed by atoms with E-state index in [9.17, 15) is 17.6 Å². The van der Waals surface area contributed by atoms with Crippen LogP contribution in [0.3, 0.4) is 0 Å². The Labute approximate surface area is 161 Å². The second kappa shape index (κ2) is 8.39. The Hall–Kier alpha value is -1.94. The number of aromatic nitrogens is 3. The summed E-state index contributed by atoms with van der Waals surface area (Å²) in [6.07, 6.45) is 1.23. The molecule has 1 fully saturated rings. The zero-order chi connectivity index (χ0) is 19.4. The lowest BCUT2D eigenvalue weighted by molar-refractivity contribution is -0.118. The lowest BCUT2D eigenvalue weighted by Crippen LogP contribution is -2.24. The van der Waals surface area contributed by atoms with Gasteiger partial charge in [0.15, 0.2) is 15.0 Å². The first kappa shape index (κ1) is 19.8. The normalized spacial score (nSPS) is 18.5. The van der Waals surface area contributed by atoms with Gasteiger partial charge in [-0.1, -0.05) is 23.9 Å². The monoisotopic (exact) mass is 412 g/mol. The second-order valence-electron chi connectivity index (χ2n) is 6.62. The third kappa shape index (κ3) is 5.52. The molecule has 0 radical (unpaired) electrons. The van der Waals surface area contributed by atoms with E-state index in [1.165, 1.54) is 23.9 Å². The zero-order valence-electron chi connectivity index (χ0n) is 14.9. The number of hydrogen-bond donors (Lipinski definition) is 1. The van der Waals surface area contributed by atoms with E-state index in [1.807, 2.05) is 11.6 Å². The van der Waals surface area contributed by atoms with Gasteiger partial charge in [-0.15, -0.1) is 10.2 Å². The summed E-state index contributed by atoms with van der Waals surface area (Å²) in [5.74, 6) is 0.968. The van der Waals surface area contributed by atoms with Gasteiger partial charge in [-0.25, -0.2) is 12.8 Å². The summed E-state index contributed by atoms with van der Waals surface area (Å²) < 4.78 is 37.8. The van der Waals surface area contributed by atoms with Crippen molar-refractivity contribution in [2.45, 2.75) is 24.5 Å². The molecule has 1 aromatic heterocycles. The van der Waals surface area contributed by atoms with Crippen molar-refractivity contribution in [2.24, 2.45) is 13.0 Å². The number of benzene rings is 1. The molecule has 0 saturated carbocycles. The molecular weight excluding hydrogens is 391 g/mol. The van der Waals surface area contributed by atoms with E-state index >= 15 is 0 Å². The molecule has 1 amide bonds. The number of sulfone groups is 1. The largest absolute Gasteiger partial charge is 0.351 e. The van der Waals surface area contributed by atoms with Crippen molar-refractivity contribution >= 4 is 27.5 Å².